The third-order valence-corrected chi connectivity index (χ3v) is 3.41. The van der Waals surface area contributed by atoms with Crippen LogP contribution in [0.25, 0.3) is 0 Å². The summed E-state index contributed by atoms with van der Waals surface area (Å²) in [6.07, 6.45) is -0.0819. The lowest BCUT2D eigenvalue weighted by molar-refractivity contribution is -0.139. The quantitative estimate of drug-likeness (QED) is 0.845. The molecule has 1 aromatic carbocycles. The van der Waals surface area contributed by atoms with Crippen LogP contribution in [0.15, 0.2) is 0 Å². The number of ether oxygens (including phenoxy) is 2. The maximum absolute atomic E-state index is 11.8. The Balaban J connectivity index is 3.57. The van der Waals surface area contributed by atoms with Crippen molar-refractivity contribution in [2.75, 3.05) is 14.2 Å². The molecular weight excluding hydrogens is 248 g/mol. The minimum Gasteiger partial charge on any atom is -0.507 e. The molecule has 1 N–H and O–H groups in total. The van der Waals surface area contributed by atoms with Crippen LogP contribution < -0.4 is 0 Å². The van der Waals surface area contributed by atoms with E-state index < -0.39 is 11.9 Å². The van der Waals surface area contributed by atoms with Crippen LogP contribution in [0, 0.1) is 20.8 Å². The molecule has 0 unspecified atom stereocenters. The van der Waals surface area contributed by atoms with E-state index >= 15 is 0 Å². The van der Waals surface area contributed by atoms with Gasteiger partial charge in [-0.05, 0) is 43.0 Å². The maximum Gasteiger partial charge on any atom is 0.341 e. The Hall–Kier alpha value is -2.04. The van der Waals surface area contributed by atoms with Crippen molar-refractivity contribution < 1.29 is 24.2 Å². The van der Waals surface area contributed by atoms with Crippen LogP contribution in [0.3, 0.4) is 0 Å². The number of carbonyl (C=O) groups is 2. The van der Waals surface area contributed by atoms with E-state index in [4.69, 9.17) is 0 Å². The Morgan fingerprint density at radius 1 is 1.00 bits per heavy atom. The first-order valence-corrected chi connectivity index (χ1v) is 5.81. The lowest BCUT2D eigenvalue weighted by atomic mass is 9.90. The molecule has 0 saturated carbocycles. The van der Waals surface area contributed by atoms with Crippen LogP contribution in [-0.4, -0.2) is 31.3 Å². The highest BCUT2D eigenvalue weighted by Crippen LogP contribution is 2.33. The van der Waals surface area contributed by atoms with E-state index in [1.54, 1.807) is 13.8 Å². The number of aromatic hydroxyl groups is 1. The van der Waals surface area contributed by atoms with Gasteiger partial charge in [-0.3, -0.25) is 4.79 Å². The molecule has 0 amide bonds. The van der Waals surface area contributed by atoms with Gasteiger partial charge in [0, 0.05) is 0 Å². The van der Waals surface area contributed by atoms with Gasteiger partial charge in [0.1, 0.15) is 11.3 Å². The monoisotopic (exact) mass is 266 g/mol. The molecule has 0 bridgehead atoms. The van der Waals surface area contributed by atoms with E-state index in [0.717, 1.165) is 11.1 Å². The van der Waals surface area contributed by atoms with E-state index in [2.05, 4.69) is 9.47 Å². The second-order valence-corrected chi connectivity index (χ2v) is 4.32. The summed E-state index contributed by atoms with van der Waals surface area (Å²) in [4.78, 5) is 23.3. The predicted octanol–water partition coefficient (Wildman–Crippen LogP) is 1.82. The van der Waals surface area contributed by atoms with Gasteiger partial charge in [-0.1, -0.05) is 0 Å². The molecule has 0 atom stereocenters. The standard InChI is InChI=1S/C14H18O5/c1-7-8(2)10(6-11(15)18-4)12(14(17)19-5)13(16)9(7)3/h16H,6H2,1-5H3. The van der Waals surface area contributed by atoms with Gasteiger partial charge in [0.05, 0.1) is 20.6 Å². The molecule has 5 nitrogen and oxygen atoms in total. The van der Waals surface area contributed by atoms with Crippen molar-refractivity contribution in [3.63, 3.8) is 0 Å². The first-order valence-electron chi connectivity index (χ1n) is 5.81. The zero-order valence-corrected chi connectivity index (χ0v) is 11.8. The molecule has 0 spiro atoms. The number of methoxy groups -OCH3 is 2. The number of carbonyl (C=O) groups excluding carboxylic acids is 2. The normalized spacial score (nSPS) is 10.2. The molecule has 0 aliphatic rings. The van der Waals surface area contributed by atoms with E-state index in [1.165, 1.54) is 14.2 Å². The fraction of sp³-hybridized carbons (Fsp3) is 0.429. The van der Waals surface area contributed by atoms with E-state index in [0.29, 0.717) is 11.1 Å². The van der Waals surface area contributed by atoms with Gasteiger partial charge in [-0.25, -0.2) is 4.79 Å². The third kappa shape index (κ3) is 2.70. The second-order valence-electron chi connectivity index (χ2n) is 4.32. The van der Waals surface area contributed by atoms with Crippen molar-refractivity contribution in [3.05, 3.63) is 27.8 Å². The van der Waals surface area contributed by atoms with Crippen molar-refractivity contribution in [3.8, 4) is 5.75 Å². The number of hydrogen-bond acceptors (Lipinski definition) is 5. The van der Waals surface area contributed by atoms with Crippen LogP contribution in [0.5, 0.6) is 5.75 Å². The Bertz CT molecular complexity index is 531. The third-order valence-electron chi connectivity index (χ3n) is 3.41. The van der Waals surface area contributed by atoms with Gasteiger partial charge in [-0.15, -0.1) is 0 Å². The molecule has 5 heteroatoms. The largest absolute Gasteiger partial charge is 0.507 e. The van der Waals surface area contributed by atoms with Gasteiger partial charge in [0.25, 0.3) is 0 Å². The summed E-state index contributed by atoms with van der Waals surface area (Å²) < 4.78 is 9.29. The molecule has 0 heterocycles. The number of esters is 2. The van der Waals surface area contributed by atoms with Crippen LogP contribution in [-0.2, 0) is 20.7 Å². The average Bonchev–Trinajstić information content (AvgIpc) is 2.41. The summed E-state index contributed by atoms with van der Waals surface area (Å²) in [6, 6.07) is 0. The molecule has 0 radical (unpaired) electrons. The molecule has 0 aliphatic heterocycles. The Morgan fingerprint density at radius 2 is 1.58 bits per heavy atom. The van der Waals surface area contributed by atoms with Crippen LogP contribution >= 0.6 is 0 Å². The predicted molar refractivity (Wildman–Crippen MR) is 69.4 cm³/mol. The molecule has 0 aliphatic carbocycles. The fourth-order valence-electron chi connectivity index (χ4n) is 1.96. The van der Waals surface area contributed by atoms with Crippen LogP contribution in [0.2, 0.25) is 0 Å². The van der Waals surface area contributed by atoms with E-state index in [-0.39, 0.29) is 17.7 Å². The SMILES string of the molecule is COC(=O)Cc1c(C)c(C)c(C)c(O)c1C(=O)OC. The lowest BCUT2D eigenvalue weighted by Gasteiger charge is -2.17. The smallest absolute Gasteiger partial charge is 0.341 e. The Labute approximate surface area is 112 Å². The van der Waals surface area contributed by atoms with Gasteiger partial charge < -0.3 is 14.6 Å². The molecule has 0 saturated heterocycles. The minimum absolute atomic E-state index is 0.0356. The fourth-order valence-corrected chi connectivity index (χ4v) is 1.96. The Morgan fingerprint density at radius 3 is 2.05 bits per heavy atom. The van der Waals surface area contributed by atoms with Crippen molar-refractivity contribution in [1.82, 2.24) is 0 Å². The number of rotatable bonds is 3. The first-order chi connectivity index (χ1) is 8.84. The van der Waals surface area contributed by atoms with Gasteiger partial charge in [0.15, 0.2) is 0 Å². The van der Waals surface area contributed by atoms with Gasteiger partial charge in [0.2, 0.25) is 0 Å². The molecule has 0 aromatic heterocycles. The Kier molecular flexibility index (Phi) is 4.53. The number of phenolic OH excluding ortho intramolecular Hbond substituents is 1. The summed E-state index contributed by atoms with van der Waals surface area (Å²) >= 11 is 0. The first kappa shape index (κ1) is 15.0. The molecule has 1 aromatic rings. The van der Waals surface area contributed by atoms with Crippen molar-refractivity contribution in [1.29, 1.82) is 0 Å². The highest BCUT2D eigenvalue weighted by atomic mass is 16.5. The van der Waals surface area contributed by atoms with Crippen molar-refractivity contribution >= 4 is 11.9 Å². The zero-order valence-electron chi connectivity index (χ0n) is 11.8. The molecule has 19 heavy (non-hydrogen) atoms. The molecular formula is C14H18O5. The van der Waals surface area contributed by atoms with Crippen LogP contribution in [0.1, 0.15) is 32.6 Å². The number of hydrogen-bond donors (Lipinski definition) is 1. The molecule has 1 rings (SSSR count). The molecule has 104 valence electrons. The summed E-state index contributed by atoms with van der Waals surface area (Å²) in [7, 11) is 2.50. The number of benzene rings is 1. The van der Waals surface area contributed by atoms with E-state index in [1.807, 2.05) is 6.92 Å². The van der Waals surface area contributed by atoms with Crippen molar-refractivity contribution in [2.45, 2.75) is 27.2 Å². The second kappa shape index (κ2) is 5.73. The average molecular weight is 266 g/mol. The maximum atomic E-state index is 11.8. The minimum atomic E-state index is -0.664. The highest BCUT2D eigenvalue weighted by Gasteiger charge is 2.24. The lowest BCUT2D eigenvalue weighted by Crippen LogP contribution is -2.15. The van der Waals surface area contributed by atoms with E-state index in [9.17, 15) is 14.7 Å². The van der Waals surface area contributed by atoms with Crippen molar-refractivity contribution in [2.24, 2.45) is 0 Å². The van der Waals surface area contributed by atoms with Gasteiger partial charge in [-0.2, -0.15) is 0 Å². The molecule has 0 fully saturated rings. The van der Waals surface area contributed by atoms with Gasteiger partial charge >= 0.3 is 11.9 Å². The summed E-state index contributed by atoms with van der Waals surface area (Å²) in [6.45, 7) is 5.34. The number of phenols is 1. The van der Waals surface area contributed by atoms with Crippen LogP contribution in [0.4, 0.5) is 0 Å². The summed E-state index contributed by atoms with van der Waals surface area (Å²) in [5, 5.41) is 10.1. The summed E-state index contributed by atoms with van der Waals surface area (Å²) in [5.41, 5.74) is 2.70. The highest BCUT2D eigenvalue weighted by molar-refractivity contribution is 5.96. The zero-order chi connectivity index (χ0) is 14.7. The summed E-state index contributed by atoms with van der Waals surface area (Å²) in [5.74, 6) is -1.28. The topological polar surface area (TPSA) is 72.8 Å².